The van der Waals surface area contributed by atoms with Gasteiger partial charge in [0.1, 0.15) is 0 Å². The van der Waals surface area contributed by atoms with Crippen LogP contribution in [0.3, 0.4) is 0 Å². The Bertz CT molecular complexity index is 724. The third-order valence-electron chi connectivity index (χ3n) is 2.54. The summed E-state index contributed by atoms with van der Waals surface area (Å²) in [6, 6.07) is 8.21. The Balaban J connectivity index is 1.70. The van der Waals surface area contributed by atoms with Gasteiger partial charge in [0.2, 0.25) is 11.5 Å². The van der Waals surface area contributed by atoms with Crippen molar-refractivity contribution in [3.05, 3.63) is 35.7 Å². The molecule has 0 fully saturated rings. The molecule has 0 aliphatic carbocycles. The van der Waals surface area contributed by atoms with Crippen molar-refractivity contribution in [1.29, 1.82) is 0 Å². The number of thioether (sulfide) groups is 1. The molecule has 0 saturated heterocycles. The van der Waals surface area contributed by atoms with Gasteiger partial charge in [-0.2, -0.15) is 4.98 Å². The zero-order valence-electron chi connectivity index (χ0n) is 10.6. The Morgan fingerprint density at radius 3 is 2.90 bits per heavy atom. The second kappa shape index (κ2) is 5.33. The van der Waals surface area contributed by atoms with Crippen molar-refractivity contribution in [2.24, 2.45) is 0 Å². The first-order valence-electron chi connectivity index (χ1n) is 5.83. The molecule has 0 radical (unpaired) electrons. The van der Waals surface area contributed by atoms with E-state index in [4.69, 9.17) is 10.3 Å². The fourth-order valence-electron chi connectivity index (χ4n) is 1.61. The fourth-order valence-corrected chi connectivity index (χ4v) is 2.46. The van der Waals surface area contributed by atoms with Gasteiger partial charge in [-0.05, 0) is 29.4 Å². The molecular weight excluding hydrogens is 278 g/mol. The summed E-state index contributed by atoms with van der Waals surface area (Å²) in [5, 5.41) is 11.0. The maximum Gasteiger partial charge on any atom is 0.284 e. The minimum atomic E-state index is 0.131. The van der Waals surface area contributed by atoms with Gasteiger partial charge in [-0.3, -0.25) is 0 Å². The predicted molar refractivity (Wildman–Crippen MR) is 72.7 cm³/mol. The lowest BCUT2D eigenvalue weighted by atomic mass is 10.2. The van der Waals surface area contributed by atoms with Gasteiger partial charge in [-0.25, -0.2) is 4.63 Å². The van der Waals surface area contributed by atoms with Crippen LogP contribution in [-0.4, -0.2) is 20.5 Å². The number of hydrogen-bond donors (Lipinski definition) is 1. The average molecular weight is 289 g/mol. The number of anilines is 1. The molecule has 0 saturated carbocycles. The van der Waals surface area contributed by atoms with Crippen molar-refractivity contribution >= 4 is 17.6 Å². The number of nitrogens with zero attached hydrogens (tertiary/aromatic N) is 4. The lowest BCUT2D eigenvalue weighted by molar-refractivity contribution is 0.308. The van der Waals surface area contributed by atoms with Crippen molar-refractivity contribution in [3.8, 4) is 11.6 Å². The average Bonchev–Trinajstić information content (AvgIpc) is 3.05. The molecule has 3 aromatic rings. The maximum atomic E-state index is 5.56. The van der Waals surface area contributed by atoms with Crippen molar-refractivity contribution in [2.45, 2.75) is 17.6 Å². The van der Waals surface area contributed by atoms with Crippen LogP contribution >= 0.6 is 11.8 Å². The molecule has 0 aliphatic rings. The van der Waals surface area contributed by atoms with Crippen LogP contribution in [-0.2, 0) is 5.75 Å². The van der Waals surface area contributed by atoms with Crippen molar-refractivity contribution in [3.63, 3.8) is 0 Å². The third kappa shape index (κ3) is 2.64. The van der Waals surface area contributed by atoms with Gasteiger partial charge in [-0.1, -0.05) is 22.9 Å². The molecule has 2 N–H and O–H groups in total. The van der Waals surface area contributed by atoms with E-state index in [0.29, 0.717) is 11.6 Å². The molecule has 20 heavy (non-hydrogen) atoms. The second-order valence-corrected chi connectivity index (χ2v) is 5.17. The third-order valence-corrected chi connectivity index (χ3v) is 3.53. The summed E-state index contributed by atoms with van der Waals surface area (Å²) in [7, 11) is 0. The molecule has 7 nitrogen and oxygen atoms in total. The minimum absolute atomic E-state index is 0.131. The molecule has 1 aromatic carbocycles. The summed E-state index contributed by atoms with van der Waals surface area (Å²) in [5.74, 6) is 1.50. The van der Waals surface area contributed by atoms with Gasteiger partial charge in [0.25, 0.3) is 5.89 Å². The Labute approximate surface area is 118 Å². The van der Waals surface area contributed by atoms with Gasteiger partial charge < -0.3 is 10.3 Å². The molecule has 0 bridgehead atoms. The molecule has 8 heteroatoms. The Morgan fingerprint density at radius 2 is 2.15 bits per heavy atom. The van der Waals surface area contributed by atoms with Crippen LogP contribution in [0.15, 0.2) is 38.3 Å². The van der Waals surface area contributed by atoms with E-state index in [0.717, 1.165) is 4.90 Å². The number of aromatic nitrogens is 4. The van der Waals surface area contributed by atoms with E-state index in [9.17, 15) is 0 Å². The molecule has 0 atom stereocenters. The largest absolute Gasteiger partial charge is 0.379 e. The van der Waals surface area contributed by atoms with Crippen LogP contribution in [0.4, 0.5) is 5.82 Å². The zero-order chi connectivity index (χ0) is 13.9. The van der Waals surface area contributed by atoms with E-state index in [1.54, 1.807) is 11.8 Å². The maximum absolute atomic E-state index is 5.56. The summed E-state index contributed by atoms with van der Waals surface area (Å²) in [6.45, 7) is 2.05. The molecule has 2 aromatic heterocycles. The lowest BCUT2D eigenvalue weighted by Crippen LogP contribution is -1.89. The zero-order valence-corrected chi connectivity index (χ0v) is 11.4. The summed E-state index contributed by atoms with van der Waals surface area (Å²) in [6.07, 6.45) is 0. The van der Waals surface area contributed by atoms with Gasteiger partial charge in [0, 0.05) is 4.90 Å². The van der Waals surface area contributed by atoms with Crippen LogP contribution in [0.5, 0.6) is 0 Å². The standard InChI is InChI=1S/C12H11N5O2S/c1-7-3-2-4-8(5-7)20-6-9-14-12(18-15-9)10-11(13)17-19-16-10/h2-5H,6H2,1H3,(H2,13,17). The number of nitrogens with two attached hydrogens (primary N) is 1. The van der Waals surface area contributed by atoms with E-state index in [-0.39, 0.29) is 17.4 Å². The smallest absolute Gasteiger partial charge is 0.284 e. The van der Waals surface area contributed by atoms with E-state index in [1.165, 1.54) is 5.56 Å². The normalized spacial score (nSPS) is 10.8. The first-order chi connectivity index (χ1) is 9.72. The molecule has 102 valence electrons. The first kappa shape index (κ1) is 12.7. The Morgan fingerprint density at radius 1 is 1.25 bits per heavy atom. The molecule has 3 rings (SSSR count). The van der Waals surface area contributed by atoms with E-state index >= 15 is 0 Å². The number of aryl methyl sites for hydroxylation is 1. The SMILES string of the molecule is Cc1cccc(SCc2noc(-c3nonc3N)n2)c1. The highest BCUT2D eigenvalue weighted by atomic mass is 32.2. The molecule has 0 spiro atoms. The van der Waals surface area contributed by atoms with Gasteiger partial charge in [0.05, 0.1) is 5.75 Å². The summed E-state index contributed by atoms with van der Waals surface area (Å²) >= 11 is 1.63. The highest BCUT2D eigenvalue weighted by Gasteiger charge is 2.17. The summed E-state index contributed by atoms with van der Waals surface area (Å²) in [5.41, 5.74) is 7.04. The predicted octanol–water partition coefficient (Wildman–Crippen LogP) is 2.30. The van der Waals surface area contributed by atoms with Gasteiger partial charge in [0.15, 0.2) is 5.82 Å². The van der Waals surface area contributed by atoms with Crippen LogP contribution in [0, 0.1) is 6.92 Å². The van der Waals surface area contributed by atoms with Crippen LogP contribution < -0.4 is 5.73 Å². The monoisotopic (exact) mass is 289 g/mol. The minimum Gasteiger partial charge on any atom is -0.379 e. The molecule has 0 aliphatic heterocycles. The highest BCUT2D eigenvalue weighted by molar-refractivity contribution is 7.98. The van der Waals surface area contributed by atoms with Crippen molar-refractivity contribution in [2.75, 3.05) is 5.73 Å². The fraction of sp³-hybridized carbons (Fsp3) is 0.167. The molecule has 0 amide bonds. The highest BCUT2D eigenvalue weighted by Crippen LogP contribution is 2.24. The van der Waals surface area contributed by atoms with Gasteiger partial charge >= 0.3 is 0 Å². The quantitative estimate of drug-likeness (QED) is 0.729. The van der Waals surface area contributed by atoms with E-state index in [2.05, 4.69) is 44.1 Å². The van der Waals surface area contributed by atoms with Crippen LogP contribution in [0.2, 0.25) is 0 Å². The first-order valence-corrected chi connectivity index (χ1v) is 6.81. The Kier molecular flexibility index (Phi) is 3.38. The lowest BCUT2D eigenvalue weighted by Gasteiger charge is -1.99. The van der Waals surface area contributed by atoms with Gasteiger partial charge in [-0.15, -0.1) is 11.8 Å². The number of nitrogen functional groups attached to an aromatic ring is 1. The summed E-state index contributed by atoms with van der Waals surface area (Å²) in [4.78, 5) is 5.36. The van der Waals surface area contributed by atoms with E-state index < -0.39 is 0 Å². The number of benzene rings is 1. The van der Waals surface area contributed by atoms with E-state index in [1.807, 2.05) is 12.1 Å². The molecule has 0 unspecified atom stereocenters. The number of hydrogen-bond acceptors (Lipinski definition) is 8. The molecule has 2 heterocycles. The van der Waals surface area contributed by atoms with Crippen molar-refractivity contribution < 1.29 is 9.15 Å². The topological polar surface area (TPSA) is 104 Å². The van der Waals surface area contributed by atoms with Crippen LogP contribution in [0.1, 0.15) is 11.4 Å². The second-order valence-electron chi connectivity index (χ2n) is 4.12. The summed E-state index contributed by atoms with van der Waals surface area (Å²) < 4.78 is 9.58. The number of rotatable bonds is 4. The van der Waals surface area contributed by atoms with Crippen LogP contribution in [0.25, 0.3) is 11.6 Å². The molecular formula is C12H11N5O2S. The van der Waals surface area contributed by atoms with Crippen molar-refractivity contribution in [1.82, 2.24) is 20.5 Å². The Hall–Kier alpha value is -2.35.